The Hall–Kier alpha value is -2.30. The van der Waals surface area contributed by atoms with Crippen molar-refractivity contribution in [2.75, 3.05) is 7.11 Å². The van der Waals surface area contributed by atoms with Crippen molar-refractivity contribution in [1.29, 1.82) is 0 Å². The minimum absolute atomic E-state index is 0.172. The van der Waals surface area contributed by atoms with Crippen molar-refractivity contribution in [3.8, 4) is 0 Å². The Morgan fingerprint density at radius 3 is 2.69 bits per heavy atom. The number of aromatic carboxylic acids is 1. The van der Waals surface area contributed by atoms with E-state index in [-0.39, 0.29) is 5.56 Å². The van der Waals surface area contributed by atoms with Crippen LogP contribution in [0.25, 0.3) is 10.9 Å². The van der Waals surface area contributed by atoms with Crippen LogP contribution in [0.2, 0.25) is 0 Å². The molecule has 82 valence electrons. The van der Waals surface area contributed by atoms with Crippen LogP contribution in [0.1, 0.15) is 20.8 Å². The summed E-state index contributed by atoms with van der Waals surface area (Å²) in [6.07, 6.45) is 0. The molecule has 0 aliphatic rings. The first-order valence-electron chi connectivity index (χ1n) is 4.56. The normalized spacial score (nSPS) is 10.3. The number of benzene rings is 1. The molecular formula is C11H9NO4. The van der Waals surface area contributed by atoms with Crippen LogP contribution in [0, 0.1) is 0 Å². The predicted octanol–water partition coefficient (Wildman–Crippen LogP) is 1.65. The molecule has 2 N–H and O–H groups in total. The van der Waals surface area contributed by atoms with Crippen LogP contribution in [0.4, 0.5) is 0 Å². The lowest BCUT2D eigenvalue weighted by Gasteiger charge is -1.94. The van der Waals surface area contributed by atoms with E-state index in [0.29, 0.717) is 11.2 Å². The van der Waals surface area contributed by atoms with Crippen molar-refractivity contribution in [1.82, 2.24) is 4.98 Å². The third-order valence-corrected chi connectivity index (χ3v) is 2.27. The lowest BCUT2D eigenvalue weighted by molar-refractivity contribution is 0.0594. The van der Waals surface area contributed by atoms with Gasteiger partial charge in [-0.15, -0.1) is 0 Å². The zero-order chi connectivity index (χ0) is 11.7. The number of methoxy groups -OCH3 is 1. The van der Waals surface area contributed by atoms with E-state index < -0.39 is 11.9 Å². The summed E-state index contributed by atoms with van der Waals surface area (Å²) in [6.45, 7) is 0. The van der Waals surface area contributed by atoms with Crippen molar-refractivity contribution in [2.45, 2.75) is 0 Å². The summed E-state index contributed by atoms with van der Waals surface area (Å²) in [5.41, 5.74) is 1.08. The van der Waals surface area contributed by atoms with Crippen LogP contribution in [0.5, 0.6) is 0 Å². The number of hydrogen-bond donors (Lipinski definition) is 2. The minimum Gasteiger partial charge on any atom is -0.478 e. The largest absolute Gasteiger partial charge is 0.478 e. The van der Waals surface area contributed by atoms with Crippen molar-refractivity contribution < 1.29 is 19.4 Å². The molecule has 0 bridgehead atoms. The van der Waals surface area contributed by atoms with Crippen molar-refractivity contribution in [3.63, 3.8) is 0 Å². The topological polar surface area (TPSA) is 79.4 Å². The second-order valence-electron chi connectivity index (χ2n) is 3.28. The molecule has 0 aliphatic heterocycles. The van der Waals surface area contributed by atoms with Gasteiger partial charge in [0.15, 0.2) is 0 Å². The smallest absolute Gasteiger partial charge is 0.354 e. The Labute approximate surface area is 90.6 Å². The third-order valence-electron chi connectivity index (χ3n) is 2.27. The fourth-order valence-electron chi connectivity index (χ4n) is 1.48. The Bertz CT molecular complexity index is 570. The molecule has 1 heterocycles. The summed E-state index contributed by atoms with van der Waals surface area (Å²) >= 11 is 0. The summed E-state index contributed by atoms with van der Waals surface area (Å²) < 4.78 is 4.56. The van der Waals surface area contributed by atoms with Gasteiger partial charge in [-0.3, -0.25) is 0 Å². The van der Waals surface area contributed by atoms with Gasteiger partial charge < -0.3 is 14.8 Å². The number of aromatic amines is 1. The Morgan fingerprint density at radius 1 is 1.31 bits per heavy atom. The summed E-state index contributed by atoms with van der Waals surface area (Å²) in [5.74, 6) is -1.48. The fourth-order valence-corrected chi connectivity index (χ4v) is 1.48. The van der Waals surface area contributed by atoms with Crippen molar-refractivity contribution >= 4 is 22.8 Å². The number of ether oxygens (including phenoxy) is 1. The number of fused-ring (bicyclic) bond motifs is 1. The van der Waals surface area contributed by atoms with E-state index >= 15 is 0 Å². The SMILES string of the molecule is COC(=O)c1cc2ccc(C(=O)O)cc2[nH]1. The Balaban J connectivity index is 2.54. The highest BCUT2D eigenvalue weighted by molar-refractivity contribution is 5.98. The molecule has 16 heavy (non-hydrogen) atoms. The fraction of sp³-hybridized carbons (Fsp3) is 0.0909. The van der Waals surface area contributed by atoms with Crippen molar-refractivity contribution in [3.05, 3.63) is 35.5 Å². The van der Waals surface area contributed by atoms with Gasteiger partial charge in [-0.1, -0.05) is 6.07 Å². The molecule has 1 aromatic carbocycles. The second kappa shape index (κ2) is 3.69. The second-order valence-corrected chi connectivity index (χ2v) is 3.28. The van der Waals surface area contributed by atoms with Gasteiger partial charge in [-0.2, -0.15) is 0 Å². The first kappa shape index (κ1) is 10.2. The molecular weight excluding hydrogens is 210 g/mol. The van der Waals surface area contributed by atoms with E-state index in [4.69, 9.17) is 5.11 Å². The first-order chi connectivity index (χ1) is 7.61. The average Bonchev–Trinajstić information content (AvgIpc) is 2.70. The molecule has 0 saturated heterocycles. The van der Waals surface area contributed by atoms with Crippen LogP contribution in [-0.4, -0.2) is 29.1 Å². The molecule has 2 rings (SSSR count). The molecule has 0 aliphatic carbocycles. The van der Waals surface area contributed by atoms with Gasteiger partial charge in [0, 0.05) is 10.9 Å². The molecule has 2 aromatic rings. The highest BCUT2D eigenvalue weighted by atomic mass is 16.5. The van der Waals surface area contributed by atoms with Crippen molar-refractivity contribution in [2.24, 2.45) is 0 Å². The van der Waals surface area contributed by atoms with Gasteiger partial charge in [0.1, 0.15) is 5.69 Å². The predicted molar refractivity (Wildman–Crippen MR) is 56.6 cm³/mol. The number of H-pyrrole nitrogens is 1. The van der Waals surface area contributed by atoms with Crippen LogP contribution in [-0.2, 0) is 4.74 Å². The summed E-state index contributed by atoms with van der Waals surface area (Å²) in [4.78, 5) is 24.8. The third kappa shape index (κ3) is 1.63. The summed E-state index contributed by atoms with van der Waals surface area (Å²) in [5, 5.41) is 9.57. The number of carbonyl (C=O) groups is 2. The highest BCUT2D eigenvalue weighted by Gasteiger charge is 2.10. The van der Waals surface area contributed by atoms with Gasteiger partial charge in [-0.05, 0) is 18.2 Å². The van der Waals surface area contributed by atoms with Gasteiger partial charge >= 0.3 is 11.9 Å². The van der Waals surface area contributed by atoms with E-state index in [0.717, 1.165) is 5.39 Å². The minimum atomic E-state index is -1.00. The van der Waals surface area contributed by atoms with E-state index in [1.54, 1.807) is 12.1 Å². The number of nitrogens with one attached hydrogen (secondary N) is 1. The number of carbonyl (C=O) groups excluding carboxylic acids is 1. The maximum absolute atomic E-state index is 11.2. The number of aromatic nitrogens is 1. The average molecular weight is 219 g/mol. The lowest BCUT2D eigenvalue weighted by atomic mass is 10.2. The maximum atomic E-state index is 11.2. The molecule has 0 fully saturated rings. The molecule has 5 nitrogen and oxygen atoms in total. The monoisotopic (exact) mass is 219 g/mol. The molecule has 0 saturated carbocycles. The molecule has 0 amide bonds. The standard InChI is InChI=1S/C11H9NO4/c1-16-11(15)9-4-6-2-3-7(10(13)14)5-8(6)12-9/h2-5,12H,1H3,(H,13,14). The van der Waals surface area contributed by atoms with E-state index in [1.165, 1.54) is 19.2 Å². The van der Waals surface area contributed by atoms with E-state index in [1.807, 2.05) is 0 Å². The quantitative estimate of drug-likeness (QED) is 0.752. The zero-order valence-electron chi connectivity index (χ0n) is 8.48. The van der Waals surface area contributed by atoms with Crippen LogP contribution in [0.15, 0.2) is 24.3 Å². The number of carboxylic acids is 1. The molecule has 0 atom stereocenters. The highest BCUT2D eigenvalue weighted by Crippen LogP contribution is 2.17. The van der Waals surface area contributed by atoms with Crippen LogP contribution < -0.4 is 0 Å². The van der Waals surface area contributed by atoms with Gasteiger partial charge in [0.05, 0.1) is 12.7 Å². The number of carboxylic acid groups (broad SMARTS) is 1. The first-order valence-corrected chi connectivity index (χ1v) is 4.56. The number of rotatable bonds is 2. The van der Waals surface area contributed by atoms with Crippen LogP contribution >= 0.6 is 0 Å². The number of hydrogen-bond acceptors (Lipinski definition) is 3. The van der Waals surface area contributed by atoms with E-state index in [9.17, 15) is 9.59 Å². The Kier molecular flexibility index (Phi) is 2.36. The molecule has 0 unspecified atom stereocenters. The molecule has 5 heteroatoms. The summed E-state index contributed by atoms with van der Waals surface area (Å²) in [6, 6.07) is 6.22. The lowest BCUT2D eigenvalue weighted by Crippen LogP contribution is -2.00. The molecule has 0 spiro atoms. The zero-order valence-corrected chi connectivity index (χ0v) is 8.48. The van der Waals surface area contributed by atoms with E-state index in [2.05, 4.69) is 9.72 Å². The maximum Gasteiger partial charge on any atom is 0.354 e. The molecule has 0 radical (unpaired) electrons. The molecule has 1 aromatic heterocycles. The number of esters is 1. The van der Waals surface area contributed by atoms with Gasteiger partial charge in [0.2, 0.25) is 0 Å². The summed E-state index contributed by atoms with van der Waals surface area (Å²) in [7, 11) is 1.29. The van der Waals surface area contributed by atoms with Gasteiger partial charge in [-0.25, -0.2) is 9.59 Å². The van der Waals surface area contributed by atoms with Crippen LogP contribution in [0.3, 0.4) is 0 Å². The van der Waals surface area contributed by atoms with Gasteiger partial charge in [0.25, 0.3) is 0 Å². The Morgan fingerprint density at radius 2 is 2.06 bits per heavy atom.